The first-order valence-electron chi connectivity index (χ1n) is 12.9. The summed E-state index contributed by atoms with van der Waals surface area (Å²) in [6.07, 6.45) is 0. The van der Waals surface area contributed by atoms with Crippen LogP contribution in [-0.4, -0.2) is 33.8 Å². The van der Waals surface area contributed by atoms with Crippen molar-refractivity contribution in [3.05, 3.63) is 95.5 Å². The molecule has 0 saturated carbocycles. The number of hydrogen-bond acceptors (Lipinski definition) is 6. The van der Waals surface area contributed by atoms with E-state index in [1.54, 1.807) is 31.4 Å². The van der Waals surface area contributed by atoms with Crippen LogP contribution in [0.2, 0.25) is 5.02 Å². The van der Waals surface area contributed by atoms with Crippen LogP contribution in [0.3, 0.4) is 0 Å². The van der Waals surface area contributed by atoms with Crippen molar-refractivity contribution in [3.8, 4) is 39.8 Å². The average molecular weight is 569 g/mol. The first kappa shape index (κ1) is 27.7. The Labute approximate surface area is 242 Å². The predicted octanol–water partition coefficient (Wildman–Crippen LogP) is 7.93. The Balaban J connectivity index is 1.57. The third kappa shape index (κ3) is 6.31. The molecule has 2 amide bonds. The molecule has 41 heavy (non-hydrogen) atoms. The van der Waals surface area contributed by atoms with Gasteiger partial charge in [-0.05, 0) is 70.3 Å². The van der Waals surface area contributed by atoms with Gasteiger partial charge in [0.1, 0.15) is 11.5 Å². The van der Waals surface area contributed by atoms with Gasteiger partial charge in [0.05, 0.1) is 23.5 Å². The van der Waals surface area contributed by atoms with Crippen molar-refractivity contribution in [1.82, 2.24) is 20.6 Å². The molecule has 0 saturated heterocycles. The predicted molar refractivity (Wildman–Crippen MR) is 161 cm³/mol. The highest BCUT2D eigenvalue weighted by Gasteiger charge is 2.21. The Morgan fingerprint density at radius 2 is 1.61 bits per heavy atom. The van der Waals surface area contributed by atoms with E-state index in [1.165, 1.54) is 0 Å². The van der Waals surface area contributed by atoms with Gasteiger partial charge in [-0.3, -0.25) is 0 Å². The maximum absolute atomic E-state index is 13.2. The number of methoxy groups -OCH3 is 1. The van der Waals surface area contributed by atoms with Gasteiger partial charge in [-0.25, -0.2) is 4.79 Å². The second-order valence-electron chi connectivity index (χ2n) is 10.3. The molecule has 10 heteroatoms. The number of nitrogens with zero attached hydrogens (tertiary/aromatic N) is 3. The molecule has 0 fully saturated rings. The molecular formula is C31H29ClN6O3. The van der Waals surface area contributed by atoms with Gasteiger partial charge in [0.15, 0.2) is 5.75 Å². The number of aromatic nitrogens is 4. The van der Waals surface area contributed by atoms with Crippen LogP contribution in [0.5, 0.6) is 17.2 Å². The summed E-state index contributed by atoms with van der Waals surface area (Å²) in [4.78, 5) is 13.2. The summed E-state index contributed by atoms with van der Waals surface area (Å²) in [6, 6.07) is 25.6. The minimum atomic E-state index is -0.475. The van der Waals surface area contributed by atoms with Crippen LogP contribution in [0.1, 0.15) is 26.3 Å². The van der Waals surface area contributed by atoms with Gasteiger partial charge >= 0.3 is 6.03 Å². The molecular weight excluding hydrogens is 540 g/mol. The topological polar surface area (TPSA) is 114 Å². The van der Waals surface area contributed by atoms with Crippen molar-refractivity contribution in [2.45, 2.75) is 26.2 Å². The molecule has 0 aliphatic carbocycles. The van der Waals surface area contributed by atoms with Crippen LogP contribution in [0.25, 0.3) is 22.5 Å². The quantitative estimate of drug-likeness (QED) is 0.184. The smallest absolute Gasteiger partial charge is 0.323 e. The number of halogens is 1. The van der Waals surface area contributed by atoms with E-state index >= 15 is 0 Å². The number of tetrazole rings is 1. The minimum absolute atomic E-state index is 0.159. The number of urea groups is 1. The summed E-state index contributed by atoms with van der Waals surface area (Å²) in [5.41, 5.74) is 4.11. The van der Waals surface area contributed by atoms with Crippen LogP contribution in [0.15, 0.2) is 84.9 Å². The third-order valence-corrected chi connectivity index (χ3v) is 6.72. The lowest BCUT2D eigenvalue weighted by Gasteiger charge is -2.23. The molecule has 208 valence electrons. The minimum Gasteiger partial charge on any atom is -0.497 e. The fourth-order valence-corrected chi connectivity index (χ4v) is 4.56. The molecule has 0 bridgehead atoms. The van der Waals surface area contributed by atoms with Crippen LogP contribution < -0.4 is 20.1 Å². The zero-order valence-electron chi connectivity index (χ0n) is 23.0. The van der Waals surface area contributed by atoms with E-state index < -0.39 is 6.03 Å². The Bertz CT molecular complexity index is 1680. The number of hydrogen-bond donors (Lipinski definition) is 3. The average Bonchev–Trinajstić information content (AvgIpc) is 3.50. The number of para-hydroxylation sites is 2. The molecule has 9 nitrogen and oxygen atoms in total. The van der Waals surface area contributed by atoms with E-state index in [1.807, 2.05) is 60.7 Å². The first-order valence-corrected chi connectivity index (χ1v) is 13.3. The molecule has 5 rings (SSSR count). The molecule has 1 heterocycles. The Hall–Kier alpha value is -4.89. The number of anilines is 2. The Morgan fingerprint density at radius 3 is 2.34 bits per heavy atom. The molecule has 0 unspecified atom stereocenters. The number of nitrogens with one attached hydrogen (secondary N) is 3. The van der Waals surface area contributed by atoms with Gasteiger partial charge in [-0.1, -0.05) is 68.8 Å². The van der Waals surface area contributed by atoms with E-state index in [2.05, 4.69) is 52.0 Å². The lowest BCUT2D eigenvalue weighted by molar-refractivity contribution is 0.262. The van der Waals surface area contributed by atoms with Gasteiger partial charge in [-0.2, -0.15) is 5.21 Å². The number of benzene rings is 4. The van der Waals surface area contributed by atoms with Crippen molar-refractivity contribution in [2.24, 2.45) is 0 Å². The van der Waals surface area contributed by atoms with Crippen LogP contribution in [0, 0.1) is 0 Å². The maximum Gasteiger partial charge on any atom is 0.323 e. The summed E-state index contributed by atoms with van der Waals surface area (Å²) in [7, 11) is 1.59. The van der Waals surface area contributed by atoms with Crippen molar-refractivity contribution < 1.29 is 14.3 Å². The van der Waals surface area contributed by atoms with Gasteiger partial charge in [0.2, 0.25) is 5.82 Å². The van der Waals surface area contributed by atoms with E-state index in [0.717, 1.165) is 16.7 Å². The molecule has 1 aromatic heterocycles. The lowest BCUT2D eigenvalue weighted by Crippen LogP contribution is -2.20. The van der Waals surface area contributed by atoms with Crippen molar-refractivity contribution in [3.63, 3.8) is 0 Å². The monoisotopic (exact) mass is 568 g/mol. The number of amides is 2. The normalized spacial score (nSPS) is 11.1. The molecule has 5 aromatic rings. The highest BCUT2D eigenvalue weighted by atomic mass is 35.5. The van der Waals surface area contributed by atoms with Crippen LogP contribution in [-0.2, 0) is 5.41 Å². The van der Waals surface area contributed by atoms with Gasteiger partial charge in [0.25, 0.3) is 0 Å². The Morgan fingerprint density at radius 1 is 0.854 bits per heavy atom. The van der Waals surface area contributed by atoms with Crippen molar-refractivity contribution >= 4 is 29.0 Å². The van der Waals surface area contributed by atoms with Gasteiger partial charge in [-0.15, -0.1) is 10.2 Å². The van der Waals surface area contributed by atoms with Gasteiger partial charge < -0.3 is 20.1 Å². The summed E-state index contributed by atoms with van der Waals surface area (Å²) in [5, 5.41) is 20.7. The molecule has 0 aliphatic rings. The molecule has 3 N–H and O–H groups in total. The Kier molecular flexibility index (Phi) is 7.89. The zero-order valence-corrected chi connectivity index (χ0v) is 23.8. The van der Waals surface area contributed by atoms with Crippen LogP contribution >= 0.6 is 11.6 Å². The number of rotatable bonds is 7. The van der Waals surface area contributed by atoms with E-state index in [4.69, 9.17) is 21.1 Å². The highest BCUT2D eigenvalue weighted by Crippen LogP contribution is 2.40. The second-order valence-corrected chi connectivity index (χ2v) is 10.7. The maximum atomic E-state index is 13.2. The molecule has 0 atom stereocenters. The van der Waals surface area contributed by atoms with Gasteiger partial charge in [0, 0.05) is 11.1 Å². The SMILES string of the molecule is COc1ccc(-c2ccc(Oc3ccccc3C(C)(C)C)c(NC(=O)Nc3ccccc3Cl)c2)c(-c2nn[nH]n2)c1. The summed E-state index contributed by atoms with van der Waals surface area (Å²) >= 11 is 6.27. The fourth-order valence-electron chi connectivity index (χ4n) is 4.38. The van der Waals surface area contributed by atoms with Crippen molar-refractivity contribution in [2.75, 3.05) is 17.7 Å². The zero-order chi connectivity index (χ0) is 29.0. The molecule has 4 aromatic carbocycles. The number of carbonyl (C=O) groups is 1. The molecule has 0 spiro atoms. The van der Waals surface area contributed by atoms with Crippen LogP contribution in [0.4, 0.5) is 16.2 Å². The third-order valence-electron chi connectivity index (χ3n) is 6.39. The van der Waals surface area contributed by atoms with E-state index in [9.17, 15) is 4.79 Å². The first-order chi connectivity index (χ1) is 19.7. The number of carbonyl (C=O) groups excluding carboxylic acids is 1. The standard InChI is InChI=1S/C31H29ClN6O3/c1-31(2,3)23-9-5-8-12-27(23)41-28-16-13-19(17-26(28)34-30(39)33-25-11-7-6-10-24(25)32)21-15-14-20(40-4)18-22(21)29-35-37-38-36-29/h5-18H,1-4H3,(H2,33,34,39)(H,35,36,37,38). The fraction of sp³-hybridized carbons (Fsp3) is 0.161. The molecule has 0 aliphatic heterocycles. The summed E-state index contributed by atoms with van der Waals surface area (Å²) in [6.45, 7) is 6.37. The summed E-state index contributed by atoms with van der Waals surface area (Å²) < 4.78 is 11.9. The second kappa shape index (κ2) is 11.7. The lowest BCUT2D eigenvalue weighted by atomic mass is 9.86. The molecule has 0 radical (unpaired) electrons. The highest BCUT2D eigenvalue weighted by molar-refractivity contribution is 6.33. The van der Waals surface area contributed by atoms with E-state index in [-0.39, 0.29) is 5.41 Å². The number of aromatic amines is 1. The van der Waals surface area contributed by atoms with E-state index in [0.29, 0.717) is 45.0 Å². The number of H-pyrrole nitrogens is 1. The largest absolute Gasteiger partial charge is 0.497 e. The number of ether oxygens (including phenoxy) is 2. The van der Waals surface area contributed by atoms with Crippen molar-refractivity contribution in [1.29, 1.82) is 0 Å². The summed E-state index contributed by atoms with van der Waals surface area (Å²) in [5.74, 6) is 2.21.